The molecule has 27 heavy (non-hydrogen) atoms. The molecule has 6 nitrogen and oxygen atoms in total. The molecule has 8 heteroatoms. The van der Waals surface area contributed by atoms with Crippen molar-refractivity contribution in [2.24, 2.45) is 0 Å². The van der Waals surface area contributed by atoms with Gasteiger partial charge in [-0.25, -0.2) is 4.79 Å². The Balaban J connectivity index is 1.86. The number of ether oxygens (including phenoxy) is 1. The molecule has 0 fully saturated rings. The Hall–Kier alpha value is -2.38. The summed E-state index contributed by atoms with van der Waals surface area (Å²) in [6, 6.07) is 7.12. The fraction of sp³-hybridized carbons (Fsp3) is 0.316. The lowest BCUT2D eigenvalue weighted by molar-refractivity contribution is -0.129. The van der Waals surface area contributed by atoms with E-state index in [2.05, 4.69) is 5.32 Å². The Labute approximate surface area is 166 Å². The smallest absolute Gasteiger partial charge is 0.341 e. The van der Waals surface area contributed by atoms with E-state index in [1.54, 1.807) is 23.1 Å². The first-order valence-electron chi connectivity index (χ1n) is 8.42. The van der Waals surface area contributed by atoms with Crippen LogP contribution in [0, 0.1) is 0 Å². The van der Waals surface area contributed by atoms with Crippen LogP contribution in [0.5, 0.6) is 0 Å². The first-order chi connectivity index (χ1) is 12.9. The molecule has 0 saturated carbocycles. The molecule has 1 aliphatic heterocycles. The Morgan fingerprint density at radius 2 is 2.04 bits per heavy atom. The van der Waals surface area contributed by atoms with Gasteiger partial charge in [0.1, 0.15) is 5.00 Å². The molecule has 2 heterocycles. The molecular formula is C19H19ClN2O4S. The number of hydrogen-bond acceptors (Lipinski definition) is 5. The third-order valence-corrected chi connectivity index (χ3v) is 5.95. The van der Waals surface area contributed by atoms with E-state index in [1.165, 1.54) is 25.4 Å². The molecule has 0 atom stereocenters. The number of amides is 2. The summed E-state index contributed by atoms with van der Waals surface area (Å²) in [6.07, 6.45) is 0.651. The third kappa shape index (κ3) is 4.14. The molecule has 3 rings (SSSR count). The first-order valence-corrected chi connectivity index (χ1v) is 9.61. The van der Waals surface area contributed by atoms with Crippen LogP contribution in [0.25, 0.3) is 0 Å². The summed E-state index contributed by atoms with van der Waals surface area (Å²) in [7, 11) is 1.31. The Bertz CT molecular complexity index is 909. The van der Waals surface area contributed by atoms with E-state index in [9.17, 15) is 14.4 Å². The highest BCUT2D eigenvalue weighted by Gasteiger charge is 2.30. The quantitative estimate of drug-likeness (QED) is 0.790. The van der Waals surface area contributed by atoms with E-state index in [-0.39, 0.29) is 18.2 Å². The Morgan fingerprint density at radius 3 is 2.70 bits per heavy atom. The van der Waals surface area contributed by atoms with Crippen LogP contribution in [-0.4, -0.2) is 36.3 Å². The van der Waals surface area contributed by atoms with Crippen molar-refractivity contribution in [1.82, 2.24) is 4.90 Å². The van der Waals surface area contributed by atoms with Gasteiger partial charge in [0, 0.05) is 23.4 Å². The standard InChI is InChI=1S/C19H19ClN2O4S/c1-11(23)22-8-7-13-15(10-22)27-18(17(13)19(25)26-2)21-16(24)9-12-5-3-4-6-14(12)20/h3-6H,7-10H2,1-2H3,(H,21,24). The van der Waals surface area contributed by atoms with Crippen LogP contribution in [-0.2, 0) is 33.7 Å². The molecule has 1 aliphatic rings. The number of esters is 1. The highest BCUT2D eigenvalue weighted by atomic mass is 35.5. The minimum atomic E-state index is -0.489. The van der Waals surface area contributed by atoms with Crippen LogP contribution in [0.4, 0.5) is 5.00 Å². The molecule has 0 saturated heterocycles. The molecule has 0 radical (unpaired) electrons. The maximum Gasteiger partial charge on any atom is 0.341 e. The summed E-state index contributed by atoms with van der Waals surface area (Å²) >= 11 is 7.42. The molecule has 0 unspecified atom stereocenters. The molecule has 0 bridgehead atoms. The normalized spacial score (nSPS) is 13.1. The molecular weight excluding hydrogens is 388 g/mol. The van der Waals surface area contributed by atoms with Gasteiger partial charge in [-0.05, 0) is 23.6 Å². The monoisotopic (exact) mass is 406 g/mol. The van der Waals surface area contributed by atoms with Crippen molar-refractivity contribution in [1.29, 1.82) is 0 Å². The zero-order chi connectivity index (χ0) is 19.6. The molecule has 2 aromatic rings. The van der Waals surface area contributed by atoms with Crippen LogP contribution in [0.2, 0.25) is 5.02 Å². The minimum absolute atomic E-state index is 0.0158. The second kappa shape index (κ2) is 8.10. The van der Waals surface area contributed by atoms with Gasteiger partial charge in [-0.2, -0.15) is 0 Å². The van der Waals surface area contributed by atoms with Gasteiger partial charge in [0.2, 0.25) is 11.8 Å². The average molecular weight is 407 g/mol. The van der Waals surface area contributed by atoms with Crippen molar-refractivity contribution in [2.45, 2.75) is 26.3 Å². The number of hydrogen-bond donors (Lipinski definition) is 1. The molecule has 1 aromatic carbocycles. The van der Waals surface area contributed by atoms with Gasteiger partial charge in [0.15, 0.2) is 0 Å². The Kier molecular flexibility index (Phi) is 5.82. The van der Waals surface area contributed by atoms with Crippen molar-refractivity contribution in [3.63, 3.8) is 0 Å². The van der Waals surface area contributed by atoms with Gasteiger partial charge >= 0.3 is 5.97 Å². The molecule has 1 N–H and O–H groups in total. The minimum Gasteiger partial charge on any atom is -0.465 e. The fourth-order valence-corrected chi connectivity index (χ4v) is 4.53. The summed E-state index contributed by atoms with van der Waals surface area (Å²) < 4.78 is 4.91. The number of benzene rings is 1. The number of anilines is 1. The number of halogens is 1. The lowest BCUT2D eigenvalue weighted by atomic mass is 10.0. The van der Waals surface area contributed by atoms with E-state index in [0.717, 1.165) is 10.4 Å². The van der Waals surface area contributed by atoms with E-state index in [1.807, 2.05) is 6.07 Å². The van der Waals surface area contributed by atoms with Crippen LogP contribution in [0.1, 0.15) is 33.3 Å². The fourth-order valence-electron chi connectivity index (χ4n) is 3.06. The van der Waals surface area contributed by atoms with Crippen LogP contribution < -0.4 is 5.32 Å². The molecule has 142 valence electrons. The van der Waals surface area contributed by atoms with E-state index in [4.69, 9.17) is 16.3 Å². The van der Waals surface area contributed by atoms with Crippen molar-refractivity contribution in [3.05, 3.63) is 50.9 Å². The van der Waals surface area contributed by atoms with E-state index in [0.29, 0.717) is 40.7 Å². The predicted molar refractivity (Wildman–Crippen MR) is 104 cm³/mol. The topological polar surface area (TPSA) is 75.7 Å². The Morgan fingerprint density at radius 1 is 1.30 bits per heavy atom. The number of methoxy groups -OCH3 is 1. The van der Waals surface area contributed by atoms with E-state index < -0.39 is 5.97 Å². The van der Waals surface area contributed by atoms with E-state index >= 15 is 0 Å². The largest absolute Gasteiger partial charge is 0.465 e. The van der Waals surface area contributed by atoms with Gasteiger partial charge in [-0.1, -0.05) is 29.8 Å². The van der Waals surface area contributed by atoms with Gasteiger partial charge in [0.05, 0.1) is 25.6 Å². The summed E-state index contributed by atoms with van der Waals surface area (Å²) in [4.78, 5) is 39.1. The molecule has 0 spiro atoms. The van der Waals surface area contributed by atoms with Gasteiger partial charge in [-0.3, -0.25) is 9.59 Å². The lowest BCUT2D eigenvalue weighted by Gasteiger charge is -2.25. The molecule has 2 amide bonds. The summed E-state index contributed by atoms with van der Waals surface area (Å²) in [5.74, 6) is -0.773. The number of nitrogens with zero attached hydrogens (tertiary/aromatic N) is 1. The zero-order valence-electron chi connectivity index (χ0n) is 15.0. The average Bonchev–Trinajstić information content (AvgIpc) is 2.99. The number of fused-ring (bicyclic) bond motifs is 1. The molecule has 1 aromatic heterocycles. The number of rotatable bonds is 4. The van der Waals surface area contributed by atoms with Crippen molar-refractivity contribution >= 4 is 45.7 Å². The van der Waals surface area contributed by atoms with Crippen LogP contribution in [0.15, 0.2) is 24.3 Å². The highest BCUT2D eigenvalue weighted by Crippen LogP contribution is 2.37. The second-order valence-corrected chi connectivity index (χ2v) is 7.72. The second-order valence-electron chi connectivity index (χ2n) is 6.21. The number of nitrogens with one attached hydrogen (secondary N) is 1. The number of thiophene rings is 1. The summed E-state index contributed by atoms with van der Waals surface area (Å²) in [5, 5.41) is 3.79. The summed E-state index contributed by atoms with van der Waals surface area (Å²) in [6.45, 7) is 2.49. The van der Waals surface area contributed by atoms with Gasteiger partial charge in [-0.15, -0.1) is 11.3 Å². The van der Waals surface area contributed by atoms with Crippen LogP contribution in [0.3, 0.4) is 0 Å². The SMILES string of the molecule is COC(=O)c1c(NC(=O)Cc2ccccc2Cl)sc2c1CCN(C(C)=O)C2. The summed E-state index contributed by atoms with van der Waals surface area (Å²) in [5.41, 5.74) is 1.94. The van der Waals surface area contributed by atoms with Crippen molar-refractivity contribution in [2.75, 3.05) is 19.0 Å². The van der Waals surface area contributed by atoms with Crippen molar-refractivity contribution < 1.29 is 19.1 Å². The maximum atomic E-state index is 12.5. The number of carbonyl (C=O) groups is 3. The van der Waals surface area contributed by atoms with Crippen molar-refractivity contribution in [3.8, 4) is 0 Å². The highest BCUT2D eigenvalue weighted by molar-refractivity contribution is 7.17. The first kappa shape index (κ1) is 19.4. The van der Waals surface area contributed by atoms with Gasteiger partial charge < -0.3 is 15.0 Å². The number of carbonyl (C=O) groups excluding carboxylic acids is 3. The van der Waals surface area contributed by atoms with Crippen LogP contribution >= 0.6 is 22.9 Å². The maximum absolute atomic E-state index is 12.5. The van der Waals surface area contributed by atoms with Gasteiger partial charge in [0.25, 0.3) is 0 Å². The third-order valence-electron chi connectivity index (χ3n) is 4.45. The zero-order valence-corrected chi connectivity index (χ0v) is 16.6. The molecule has 0 aliphatic carbocycles. The lowest BCUT2D eigenvalue weighted by Crippen LogP contribution is -2.33. The predicted octanol–water partition coefficient (Wildman–Crippen LogP) is 3.27.